The maximum Gasteiger partial charge on any atom is 0.0543 e. The van der Waals surface area contributed by atoms with Crippen molar-refractivity contribution in [2.75, 3.05) is 0 Å². The quantitative estimate of drug-likeness (QED) is 0.291. The third kappa shape index (κ3) is 2.19. The Kier molecular flexibility index (Phi) is 3.48. The fourth-order valence-corrected chi connectivity index (χ4v) is 5.03. The molecule has 30 heavy (non-hydrogen) atoms. The Labute approximate surface area is 175 Å². The van der Waals surface area contributed by atoms with Crippen molar-refractivity contribution in [1.29, 1.82) is 0 Å². The molecule has 2 aromatic heterocycles. The van der Waals surface area contributed by atoms with Crippen molar-refractivity contribution >= 4 is 49.8 Å². The minimum atomic E-state index is 1.19. The Morgan fingerprint density at radius 2 is 1.40 bits per heavy atom. The molecular weight excluding hydrogens is 364 g/mol. The lowest BCUT2D eigenvalue weighted by molar-refractivity contribution is 1.01. The van der Waals surface area contributed by atoms with Crippen molar-refractivity contribution in [3.8, 4) is 11.1 Å². The van der Waals surface area contributed by atoms with Crippen LogP contribution < -0.4 is 0 Å². The number of nitrogens with zero attached hydrogens (tertiary/aromatic N) is 2. The summed E-state index contributed by atoms with van der Waals surface area (Å²) < 4.78 is 4.49. The van der Waals surface area contributed by atoms with E-state index in [1.807, 2.05) is 6.20 Å². The zero-order valence-corrected chi connectivity index (χ0v) is 17.2. The summed E-state index contributed by atoms with van der Waals surface area (Å²) in [6, 6.07) is 28.7. The van der Waals surface area contributed by atoms with Gasteiger partial charge in [0.1, 0.15) is 0 Å². The molecule has 0 radical (unpaired) electrons. The van der Waals surface area contributed by atoms with Crippen LogP contribution in [0.25, 0.3) is 60.9 Å². The molecule has 6 aromatic rings. The van der Waals surface area contributed by atoms with E-state index in [4.69, 9.17) is 0 Å². The van der Waals surface area contributed by atoms with E-state index in [2.05, 4.69) is 109 Å². The second kappa shape index (κ2) is 6.11. The van der Waals surface area contributed by atoms with E-state index in [0.717, 1.165) is 0 Å². The maximum absolute atomic E-state index is 4.07. The highest BCUT2D eigenvalue weighted by atomic mass is 15.0. The smallest absolute Gasteiger partial charge is 0.0543 e. The molecule has 0 atom stereocenters. The number of aryl methyl sites for hydroxylation is 2. The van der Waals surface area contributed by atoms with Gasteiger partial charge in [-0.3, -0.25) is 0 Å². The van der Waals surface area contributed by atoms with Gasteiger partial charge in [-0.15, -0.1) is 0 Å². The first-order chi connectivity index (χ1) is 14.7. The highest BCUT2D eigenvalue weighted by Gasteiger charge is 2.16. The molecule has 0 saturated heterocycles. The summed E-state index contributed by atoms with van der Waals surface area (Å²) in [6.45, 7) is 6.24. The molecule has 0 amide bonds. The molecule has 2 heteroatoms. The number of hydrogen-bond acceptors (Lipinski definition) is 0. The zero-order chi connectivity index (χ0) is 20.4. The second-order valence-electron chi connectivity index (χ2n) is 8.08. The van der Waals surface area contributed by atoms with Gasteiger partial charge in [-0.1, -0.05) is 55.1 Å². The number of benzene rings is 4. The van der Waals surface area contributed by atoms with Gasteiger partial charge in [-0.2, -0.15) is 0 Å². The lowest BCUT2D eigenvalue weighted by Gasteiger charge is -2.09. The van der Waals surface area contributed by atoms with Crippen LogP contribution in [0, 0.1) is 6.92 Å². The number of para-hydroxylation sites is 2. The van der Waals surface area contributed by atoms with Crippen molar-refractivity contribution in [3.63, 3.8) is 0 Å². The van der Waals surface area contributed by atoms with Gasteiger partial charge in [0.05, 0.1) is 11.0 Å². The van der Waals surface area contributed by atoms with Gasteiger partial charge in [0.25, 0.3) is 0 Å². The lowest BCUT2D eigenvalue weighted by Crippen LogP contribution is -1.88. The average molecular weight is 386 g/mol. The molecule has 6 rings (SSSR count). The summed E-state index contributed by atoms with van der Waals surface area (Å²) in [4.78, 5) is 0. The van der Waals surface area contributed by atoms with Crippen LogP contribution in [0.5, 0.6) is 0 Å². The number of fused-ring (bicyclic) bond motifs is 6. The first-order valence-corrected chi connectivity index (χ1v) is 10.3. The largest absolute Gasteiger partial charge is 0.344 e. The third-order valence-corrected chi connectivity index (χ3v) is 6.36. The Bertz CT molecular complexity index is 1630. The van der Waals surface area contributed by atoms with Gasteiger partial charge in [0, 0.05) is 45.8 Å². The molecule has 4 aromatic carbocycles. The maximum atomic E-state index is 4.07. The topological polar surface area (TPSA) is 9.86 Å². The molecular formula is C28H22N2. The monoisotopic (exact) mass is 386 g/mol. The predicted octanol–water partition coefficient (Wildman–Crippen LogP) is 7.52. The van der Waals surface area contributed by atoms with Gasteiger partial charge in [-0.25, -0.2) is 0 Å². The normalized spacial score (nSPS) is 11.8. The van der Waals surface area contributed by atoms with Gasteiger partial charge in [0.2, 0.25) is 0 Å². The molecule has 0 aliphatic rings. The fourth-order valence-electron chi connectivity index (χ4n) is 5.03. The first-order valence-electron chi connectivity index (χ1n) is 10.3. The molecule has 2 nitrogen and oxygen atoms in total. The van der Waals surface area contributed by atoms with Crippen molar-refractivity contribution in [2.24, 2.45) is 7.05 Å². The first kappa shape index (κ1) is 17.1. The summed E-state index contributed by atoms with van der Waals surface area (Å²) in [5.41, 5.74) is 8.71. The molecule has 0 unspecified atom stereocenters. The van der Waals surface area contributed by atoms with Crippen LogP contribution in [0.2, 0.25) is 0 Å². The Morgan fingerprint density at radius 1 is 0.700 bits per heavy atom. The van der Waals surface area contributed by atoms with Gasteiger partial charge >= 0.3 is 0 Å². The summed E-state index contributed by atoms with van der Waals surface area (Å²) in [5, 5.41) is 5.15. The molecule has 2 heterocycles. The zero-order valence-electron chi connectivity index (χ0n) is 17.2. The minimum Gasteiger partial charge on any atom is -0.344 e. The van der Waals surface area contributed by atoms with E-state index in [-0.39, 0.29) is 0 Å². The lowest BCUT2D eigenvalue weighted by atomic mass is 9.96. The van der Waals surface area contributed by atoms with Crippen molar-refractivity contribution in [1.82, 2.24) is 9.13 Å². The minimum absolute atomic E-state index is 1.19. The fraction of sp³-hybridized carbons (Fsp3) is 0.0714. The standard InChI is InChI=1S/C28H22N2/c1-4-30-26-12-8-6-10-21(26)28-22(15-18(2)16-27(28)30)19-13-14-25-23(17-19)20-9-5-7-11-24(20)29(25)3/h4-17H,1H2,2-3H3. The number of aromatic nitrogens is 2. The van der Waals surface area contributed by atoms with Crippen molar-refractivity contribution in [2.45, 2.75) is 6.92 Å². The van der Waals surface area contributed by atoms with E-state index in [1.54, 1.807) is 0 Å². The van der Waals surface area contributed by atoms with Crippen LogP contribution >= 0.6 is 0 Å². The third-order valence-electron chi connectivity index (χ3n) is 6.36. The molecule has 0 N–H and O–H groups in total. The van der Waals surface area contributed by atoms with Crippen LogP contribution in [-0.4, -0.2) is 9.13 Å². The molecule has 0 aliphatic heterocycles. The molecule has 0 saturated carbocycles. The van der Waals surface area contributed by atoms with Crippen molar-refractivity contribution < 1.29 is 0 Å². The van der Waals surface area contributed by atoms with Crippen LogP contribution in [0.1, 0.15) is 5.56 Å². The van der Waals surface area contributed by atoms with Gasteiger partial charge in [-0.05, 0) is 53.9 Å². The Morgan fingerprint density at radius 3 is 2.20 bits per heavy atom. The van der Waals surface area contributed by atoms with E-state index in [0.29, 0.717) is 0 Å². The highest BCUT2D eigenvalue weighted by Crippen LogP contribution is 2.39. The SMILES string of the molecule is C=Cn1c2ccccc2c2c(-c3ccc4c(c3)c3ccccc3n4C)cc(C)cc21. The van der Waals surface area contributed by atoms with Crippen LogP contribution in [0.15, 0.2) is 85.4 Å². The summed E-state index contributed by atoms with van der Waals surface area (Å²) in [6.07, 6.45) is 1.92. The van der Waals surface area contributed by atoms with Gasteiger partial charge in [0.15, 0.2) is 0 Å². The van der Waals surface area contributed by atoms with Gasteiger partial charge < -0.3 is 9.13 Å². The Balaban J connectivity index is 1.76. The van der Waals surface area contributed by atoms with E-state index in [1.165, 1.54) is 60.3 Å². The molecule has 0 aliphatic carbocycles. The second-order valence-corrected chi connectivity index (χ2v) is 8.08. The van der Waals surface area contributed by atoms with Crippen LogP contribution in [-0.2, 0) is 7.05 Å². The van der Waals surface area contributed by atoms with Crippen LogP contribution in [0.4, 0.5) is 0 Å². The molecule has 0 fully saturated rings. The molecule has 0 spiro atoms. The van der Waals surface area contributed by atoms with E-state index < -0.39 is 0 Å². The number of rotatable bonds is 2. The van der Waals surface area contributed by atoms with Crippen LogP contribution in [0.3, 0.4) is 0 Å². The average Bonchev–Trinajstić information content (AvgIpc) is 3.25. The Hall–Kier alpha value is -3.78. The summed E-state index contributed by atoms with van der Waals surface area (Å²) >= 11 is 0. The van der Waals surface area contributed by atoms with Crippen molar-refractivity contribution in [3.05, 3.63) is 91.0 Å². The molecule has 0 bridgehead atoms. The molecule has 144 valence electrons. The summed E-state index contributed by atoms with van der Waals surface area (Å²) in [7, 11) is 2.15. The number of hydrogen-bond donors (Lipinski definition) is 0. The van der Waals surface area contributed by atoms with E-state index >= 15 is 0 Å². The summed E-state index contributed by atoms with van der Waals surface area (Å²) in [5.74, 6) is 0. The predicted molar refractivity (Wildman–Crippen MR) is 130 cm³/mol. The van der Waals surface area contributed by atoms with E-state index in [9.17, 15) is 0 Å². The highest BCUT2D eigenvalue weighted by molar-refractivity contribution is 6.17.